The zero-order valence-corrected chi connectivity index (χ0v) is 15.0. The Morgan fingerprint density at radius 1 is 0.963 bits per heavy atom. The van der Waals surface area contributed by atoms with Gasteiger partial charge in [-0.2, -0.15) is 4.98 Å². The van der Waals surface area contributed by atoms with Gasteiger partial charge >= 0.3 is 0 Å². The number of para-hydroxylation sites is 1. The predicted octanol–water partition coefficient (Wildman–Crippen LogP) is 3.48. The Kier molecular flexibility index (Phi) is 4.61. The predicted molar refractivity (Wildman–Crippen MR) is 106 cm³/mol. The van der Waals surface area contributed by atoms with Crippen LogP contribution in [0.25, 0.3) is 11.2 Å². The molecule has 0 aliphatic carbocycles. The summed E-state index contributed by atoms with van der Waals surface area (Å²) in [6, 6.07) is 19.8. The number of hydrogen-bond acceptors (Lipinski definition) is 5. The Morgan fingerprint density at radius 3 is 2.41 bits per heavy atom. The second-order valence-electron chi connectivity index (χ2n) is 6.28. The van der Waals surface area contributed by atoms with Crippen LogP contribution in [0.5, 0.6) is 0 Å². The number of benzene rings is 2. The van der Waals surface area contributed by atoms with E-state index in [1.165, 1.54) is 5.56 Å². The first-order valence-electron chi connectivity index (χ1n) is 8.81. The molecule has 0 amide bonds. The SMILES string of the molecule is Cc1nc2cnc(Nc3ccccc3)nc2n(CCc2ccccc2)c1=O. The Balaban J connectivity index is 1.72. The van der Waals surface area contributed by atoms with Gasteiger partial charge in [0.2, 0.25) is 5.95 Å². The lowest BCUT2D eigenvalue weighted by molar-refractivity contribution is 0.677. The molecule has 2 aromatic carbocycles. The zero-order chi connectivity index (χ0) is 18.6. The maximum Gasteiger partial charge on any atom is 0.273 e. The van der Waals surface area contributed by atoms with Gasteiger partial charge in [0.05, 0.1) is 6.20 Å². The number of nitrogens with one attached hydrogen (secondary N) is 1. The minimum Gasteiger partial charge on any atom is -0.324 e. The number of aryl methyl sites for hydroxylation is 3. The van der Waals surface area contributed by atoms with Gasteiger partial charge in [-0.25, -0.2) is 9.97 Å². The topological polar surface area (TPSA) is 72.7 Å². The van der Waals surface area contributed by atoms with Crippen molar-refractivity contribution in [1.29, 1.82) is 0 Å². The Bertz CT molecular complexity index is 1120. The molecule has 134 valence electrons. The number of rotatable bonds is 5. The van der Waals surface area contributed by atoms with E-state index < -0.39 is 0 Å². The maximum atomic E-state index is 12.7. The van der Waals surface area contributed by atoms with E-state index in [4.69, 9.17) is 0 Å². The van der Waals surface area contributed by atoms with Gasteiger partial charge in [-0.05, 0) is 31.0 Å². The summed E-state index contributed by atoms with van der Waals surface area (Å²) in [4.78, 5) is 25.9. The van der Waals surface area contributed by atoms with E-state index in [-0.39, 0.29) is 5.56 Å². The second-order valence-corrected chi connectivity index (χ2v) is 6.28. The molecule has 6 nitrogen and oxygen atoms in total. The zero-order valence-electron chi connectivity index (χ0n) is 15.0. The van der Waals surface area contributed by atoms with Crippen LogP contribution in [0, 0.1) is 6.92 Å². The second kappa shape index (κ2) is 7.37. The van der Waals surface area contributed by atoms with Gasteiger partial charge in [0.25, 0.3) is 5.56 Å². The lowest BCUT2D eigenvalue weighted by atomic mass is 10.1. The third-order valence-electron chi connectivity index (χ3n) is 4.35. The molecule has 2 aromatic heterocycles. The van der Waals surface area contributed by atoms with E-state index in [0.717, 1.165) is 12.1 Å². The first-order valence-corrected chi connectivity index (χ1v) is 8.81. The average molecular weight is 357 g/mol. The standard InChI is InChI=1S/C21H19N5O/c1-15-20(27)26(13-12-16-8-4-2-5-9-16)19-18(23-15)14-22-21(25-19)24-17-10-6-3-7-11-17/h2-11,14H,12-13H2,1H3,(H,22,24,25). The van der Waals surface area contributed by atoms with E-state index >= 15 is 0 Å². The number of fused-ring (bicyclic) bond motifs is 1. The minimum absolute atomic E-state index is 0.122. The van der Waals surface area contributed by atoms with E-state index in [0.29, 0.717) is 29.4 Å². The Labute approximate surface area is 156 Å². The summed E-state index contributed by atoms with van der Waals surface area (Å²) < 4.78 is 1.68. The van der Waals surface area contributed by atoms with Crippen LogP contribution < -0.4 is 10.9 Å². The van der Waals surface area contributed by atoms with E-state index in [1.54, 1.807) is 17.7 Å². The number of nitrogens with zero attached hydrogens (tertiary/aromatic N) is 4. The molecule has 2 heterocycles. The molecule has 6 heteroatoms. The van der Waals surface area contributed by atoms with Gasteiger partial charge in [-0.15, -0.1) is 0 Å². The molecule has 1 N–H and O–H groups in total. The van der Waals surface area contributed by atoms with Crippen LogP contribution in [0.2, 0.25) is 0 Å². The summed E-state index contributed by atoms with van der Waals surface area (Å²) in [5, 5.41) is 3.17. The molecule has 0 saturated carbocycles. The molecule has 4 rings (SSSR count). The highest BCUT2D eigenvalue weighted by Crippen LogP contribution is 2.15. The molecule has 0 fully saturated rings. The Morgan fingerprint density at radius 2 is 1.67 bits per heavy atom. The van der Waals surface area contributed by atoms with Gasteiger partial charge < -0.3 is 5.32 Å². The summed E-state index contributed by atoms with van der Waals surface area (Å²) in [6.07, 6.45) is 2.39. The first-order chi connectivity index (χ1) is 13.2. The smallest absolute Gasteiger partial charge is 0.273 e. The van der Waals surface area contributed by atoms with E-state index in [1.807, 2.05) is 48.5 Å². The molecule has 0 aliphatic heterocycles. The van der Waals surface area contributed by atoms with Crippen LogP contribution >= 0.6 is 0 Å². The van der Waals surface area contributed by atoms with Gasteiger partial charge in [0, 0.05) is 12.2 Å². The van der Waals surface area contributed by atoms with Gasteiger partial charge in [-0.1, -0.05) is 48.5 Å². The normalized spacial score (nSPS) is 10.9. The van der Waals surface area contributed by atoms with Gasteiger partial charge in [-0.3, -0.25) is 9.36 Å². The summed E-state index contributed by atoms with van der Waals surface area (Å²) >= 11 is 0. The van der Waals surface area contributed by atoms with Crippen molar-refractivity contribution in [2.24, 2.45) is 0 Å². The molecular weight excluding hydrogens is 338 g/mol. The molecule has 0 bridgehead atoms. The summed E-state index contributed by atoms with van der Waals surface area (Å²) in [5.74, 6) is 0.437. The Hall–Kier alpha value is -3.54. The van der Waals surface area contributed by atoms with Crippen molar-refractivity contribution >= 4 is 22.8 Å². The highest BCUT2D eigenvalue weighted by atomic mass is 16.1. The fourth-order valence-corrected chi connectivity index (χ4v) is 2.97. The molecule has 4 aromatic rings. The molecule has 0 aliphatic rings. The largest absolute Gasteiger partial charge is 0.324 e. The first kappa shape index (κ1) is 16.9. The van der Waals surface area contributed by atoms with Crippen molar-refractivity contribution in [3.8, 4) is 0 Å². The fraction of sp³-hybridized carbons (Fsp3) is 0.143. The van der Waals surface area contributed by atoms with Crippen LogP contribution in [0.1, 0.15) is 11.3 Å². The number of aromatic nitrogens is 4. The molecule has 0 atom stereocenters. The average Bonchev–Trinajstić information content (AvgIpc) is 2.70. The molecule has 0 unspecified atom stereocenters. The van der Waals surface area contributed by atoms with Crippen molar-refractivity contribution in [3.05, 3.63) is 88.5 Å². The molecular formula is C21H19N5O. The van der Waals surface area contributed by atoms with E-state index in [2.05, 4.69) is 32.4 Å². The molecule has 27 heavy (non-hydrogen) atoms. The highest BCUT2D eigenvalue weighted by molar-refractivity contribution is 5.71. The summed E-state index contributed by atoms with van der Waals surface area (Å²) in [5.41, 5.74) is 3.53. The molecule has 0 spiro atoms. The third-order valence-corrected chi connectivity index (χ3v) is 4.35. The van der Waals surface area contributed by atoms with Crippen LogP contribution in [0.4, 0.5) is 11.6 Å². The van der Waals surface area contributed by atoms with Crippen molar-refractivity contribution in [2.75, 3.05) is 5.32 Å². The van der Waals surface area contributed by atoms with Crippen molar-refractivity contribution in [3.63, 3.8) is 0 Å². The number of anilines is 2. The molecule has 0 saturated heterocycles. The monoisotopic (exact) mass is 357 g/mol. The molecule has 0 radical (unpaired) electrons. The van der Waals surface area contributed by atoms with Crippen LogP contribution in [0.3, 0.4) is 0 Å². The minimum atomic E-state index is -0.122. The van der Waals surface area contributed by atoms with Crippen LogP contribution in [-0.4, -0.2) is 19.5 Å². The van der Waals surface area contributed by atoms with Crippen LogP contribution in [-0.2, 0) is 13.0 Å². The summed E-state index contributed by atoms with van der Waals surface area (Å²) in [7, 11) is 0. The van der Waals surface area contributed by atoms with Crippen molar-refractivity contribution in [1.82, 2.24) is 19.5 Å². The van der Waals surface area contributed by atoms with Gasteiger partial charge in [0.1, 0.15) is 11.2 Å². The summed E-state index contributed by atoms with van der Waals surface area (Å²) in [6.45, 7) is 2.25. The maximum absolute atomic E-state index is 12.7. The van der Waals surface area contributed by atoms with Crippen molar-refractivity contribution in [2.45, 2.75) is 19.9 Å². The third kappa shape index (κ3) is 3.69. The lowest BCUT2D eigenvalue weighted by Gasteiger charge is -2.12. The lowest BCUT2D eigenvalue weighted by Crippen LogP contribution is -2.26. The quantitative estimate of drug-likeness (QED) is 0.592. The van der Waals surface area contributed by atoms with E-state index in [9.17, 15) is 4.79 Å². The van der Waals surface area contributed by atoms with Crippen molar-refractivity contribution < 1.29 is 0 Å². The van der Waals surface area contributed by atoms with Crippen LogP contribution in [0.15, 0.2) is 71.7 Å². The fourth-order valence-electron chi connectivity index (χ4n) is 2.97. The number of hydrogen-bond donors (Lipinski definition) is 1. The highest BCUT2D eigenvalue weighted by Gasteiger charge is 2.11. The van der Waals surface area contributed by atoms with Gasteiger partial charge in [0.15, 0.2) is 5.65 Å².